The molecular weight excluding hydrogens is 1800 g/mol. The summed E-state index contributed by atoms with van der Waals surface area (Å²) in [5.41, 5.74) is 6.22. The zero-order valence-electron chi connectivity index (χ0n) is 80.3. The van der Waals surface area contributed by atoms with Gasteiger partial charge in [0, 0.05) is 81.6 Å². The highest BCUT2D eigenvalue weighted by atomic mass is 16.7. The topological polar surface area (TPSA) is 635 Å². The number of cyclic esters (lactones) is 2. The second-order valence-electron chi connectivity index (χ2n) is 37.3. The molecular formula is C100H156N4O34. The van der Waals surface area contributed by atoms with Gasteiger partial charge in [-0.1, -0.05) is 198 Å². The lowest BCUT2D eigenvalue weighted by Crippen LogP contribution is -2.63. The van der Waals surface area contributed by atoms with Gasteiger partial charge in [-0.3, -0.25) is 24.0 Å². The third-order valence-electron chi connectivity index (χ3n) is 25.7. The molecule has 780 valence electrons. The van der Waals surface area contributed by atoms with Gasteiger partial charge in [0.25, 0.3) is 0 Å². The Labute approximate surface area is 808 Å². The molecule has 0 aliphatic carbocycles. The van der Waals surface area contributed by atoms with E-state index in [1.165, 1.54) is 26.0 Å². The number of hydrogen-bond acceptors (Lipinski definition) is 36. The summed E-state index contributed by atoms with van der Waals surface area (Å²) in [7, 11) is 1.07. The normalized spacial score (nSPS) is 40.3. The minimum Gasteiger partial charge on any atom is -0.469 e. The van der Waals surface area contributed by atoms with Gasteiger partial charge in [-0.05, 0) is 79.2 Å². The molecule has 138 heavy (non-hydrogen) atoms. The smallest absolute Gasteiger partial charge is 0.313 e. The maximum Gasteiger partial charge on any atom is 0.313 e. The van der Waals surface area contributed by atoms with E-state index in [9.17, 15) is 126 Å². The third kappa shape index (κ3) is 41.1. The number of esters is 3. The molecule has 25 N–H and O–H groups in total. The number of carbonyl (C=O) groups is 5. The van der Waals surface area contributed by atoms with Crippen LogP contribution in [0.3, 0.4) is 0 Å². The Morgan fingerprint density at radius 2 is 0.761 bits per heavy atom. The number of carbonyl (C=O) groups excluding carboxylic acids is 5. The predicted molar refractivity (Wildman–Crippen MR) is 505 cm³/mol. The van der Waals surface area contributed by atoms with Crippen LogP contribution in [-0.4, -0.2) is 354 Å². The molecule has 0 aromatic heterocycles. The van der Waals surface area contributed by atoms with Gasteiger partial charge in [0.1, 0.15) is 30.3 Å². The fourth-order valence-corrected chi connectivity index (χ4v) is 17.2. The summed E-state index contributed by atoms with van der Waals surface area (Å²) in [5, 5.41) is 234. The highest BCUT2D eigenvalue weighted by molar-refractivity contribution is 5.86. The van der Waals surface area contributed by atoms with Gasteiger partial charge in [0.05, 0.1) is 179 Å². The Hall–Kier alpha value is -7.41. The minimum atomic E-state index is -2.50. The number of ether oxygens (including phenoxy) is 9. The molecule has 0 radical (unpaired) electrons. The molecule has 0 spiro atoms. The molecule has 6 heterocycles. The average Bonchev–Trinajstić information content (AvgIpc) is 0.781. The molecule has 4 fully saturated rings. The SMILES string of the molecule is COC(=O)[C@H]1[C@@H]2C[C@@H](O[C@@H]3O[C@H](C)[C@@H](O)[C@H](NCCCNC(=O)CNC(=O)[C@H]4[C@@H]5C[C@@H](O[C@@H]6O[C@H](C)[C@@H](O)[C@H](N)[C@@H]6O)C=CC=CC=CC=CC=CC=CC=C[C@H](C)[C@@H](O)[C@@H](C)[C@H](C)OC(=O)C[C@H](O)C[C@H](O)CC[C@@H](O)[C@H](O)C[C@H](O)C[C@](O)(C[C@@H]4O)O5)[C@@H]3O)C=CC=CC=CC=CC=CC=CC=C[C@H](C)[C@@H](O)[C@@H](C)[C@H](C)OC(=O)C[C@H](O)C[C@H](O)CC[C@@H](O)[C@H](O)C[C@H](O)C[C@](O)(C[C@@H]1O)O2. The van der Waals surface area contributed by atoms with Gasteiger partial charge in [0.2, 0.25) is 11.8 Å². The van der Waals surface area contributed by atoms with Crippen molar-refractivity contribution in [1.29, 1.82) is 0 Å². The first-order valence-electron chi connectivity index (χ1n) is 47.9. The molecule has 0 aromatic carbocycles. The predicted octanol–water partition coefficient (Wildman–Crippen LogP) is 0.694. The van der Waals surface area contributed by atoms with E-state index in [4.69, 9.17) is 48.4 Å². The molecule has 6 aliphatic rings. The molecule has 0 unspecified atom stereocenters. The Bertz CT molecular complexity index is 4080. The van der Waals surface area contributed by atoms with Gasteiger partial charge < -0.3 is 166 Å². The lowest BCUT2D eigenvalue weighted by Gasteiger charge is -2.46. The van der Waals surface area contributed by atoms with Crippen LogP contribution in [0.15, 0.2) is 170 Å². The van der Waals surface area contributed by atoms with Crippen molar-refractivity contribution in [3.63, 3.8) is 0 Å². The van der Waals surface area contributed by atoms with Crippen molar-refractivity contribution in [2.24, 2.45) is 41.2 Å². The van der Waals surface area contributed by atoms with Crippen molar-refractivity contribution in [3.05, 3.63) is 170 Å². The summed E-state index contributed by atoms with van der Waals surface area (Å²) < 4.78 is 53.4. The van der Waals surface area contributed by atoms with Crippen LogP contribution in [0.25, 0.3) is 0 Å². The molecule has 4 bridgehead atoms. The molecule has 0 saturated carbocycles. The molecule has 38 heteroatoms. The third-order valence-corrected chi connectivity index (χ3v) is 25.7. The van der Waals surface area contributed by atoms with E-state index in [1.54, 1.807) is 200 Å². The quantitative estimate of drug-likeness (QED) is 0.0685. The second-order valence-corrected chi connectivity index (χ2v) is 37.3. The highest BCUT2D eigenvalue weighted by Crippen LogP contribution is 2.42. The van der Waals surface area contributed by atoms with E-state index in [2.05, 4.69) is 16.0 Å². The summed E-state index contributed by atoms with van der Waals surface area (Å²) in [5.74, 6) is -14.0. The second kappa shape index (κ2) is 60.9. The lowest BCUT2D eigenvalue weighted by atomic mass is 9.82. The Balaban J connectivity index is 1.18. The van der Waals surface area contributed by atoms with Crippen LogP contribution in [0.5, 0.6) is 0 Å². The van der Waals surface area contributed by atoms with Crippen molar-refractivity contribution in [2.45, 2.75) is 359 Å². The van der Waals surface area contributed by atoms with E-state index in [1.807, 2.05) is 0 Å². The average molecular weight is 1960 g/mol. The summed E-state index contributed by atoms with van der Waals surface area (Å²) in [6.45, 7) is 12.5. The van der Waals surface area contributed by atoms with Gasteiger partial charge in [-0.25, -0.2) is 0 Å². The molecule has 6 rings (SSSR count). The molecule has 6 aliphatic heterocycles. The van der Waals surface area contributed by atoms with Crippen molar-refractivity contribution in [3.8, 4) is 0 Å². The van der Waals surface area contributed by atoms with Crippen molar-refractivity contribution < 1.29 is 169 Å². The minimum absolute atomic E-state index is 0.00101. The number of nitrogens with two attached hydrogens (primary N) is 1. The molecule has 38 atom stereocenters. The monoisotopic (exact) mass is 1960 g/mol. The van der Waals surface area contributed by atoms with E-state index < -0.39 is 319 Å². The lowest BCUT2D eigenvalue weighted by molar-refractivity contribution is -0.309. The summed E-state index contributed by atoms with van der Waals surface area (Å²) >= 11 is 0. The van der Waals surface area contributed by atoms with Crippen LogP contribution >= 0.6 is 0 Å². The van der Waals surface area contributed by atoms with E-state index in [0.717, 1.165) is 7.11 Å². The molecule has 2 amide bonds. The fraction of sp³-hybridized carbons (Fsp3) is 0.670. The van der Waals surface area contributed by atoms with Gasteiger partial charge in [0.15, 0.2) is 24.2 Å². The van der Waals surface area contributed by atoms with Crippen molar-refractivity contribution in [1.82, 2.24) is 16.0 Å². The first-order chi connectivity index (χ1) is 65.3. The largest absolute Gasteiger partial charge is 0.469 e. The Morgan fingerprint density at radius 1 is 0.391 bits per heavy atom. The summed E-state index contributed by atoms with van der Waals surface area (Å²) in [4.78, 5) is 67.7. The maximum atomic E-state index is 14.6. The Kier molecular flexibility index (Phi) is 52.6. The zero-order chi connectivity index (χ0) is 102. The van der Waals surface area contributed by atoms with Crippen LogP contribution < -0.4 is 21.7 Å². The first-order valence-corrected chi connectivity index (χ1v) is 47.9. The van der Waals surface area contributed by atoms with Gasteiger partial charge >= 0.3 is 17.9 Å². The number of aliphatic hydroxyl groups excluding tert-OH is 18. The van der Waals surface area contributed by atoms with Crippen LogP contribution in [0.2, 0.25) is 0 Å². The van der Waals surface area contributed by atoms with Gasteiger partial charge in [-0.15, -0.1) is 0 Å². The zero-order valence-corrected chi connectivity index (χ0v) is 80.3. The molecule has 38 nitrogen and oxygen atoms in total. The van der Waals surface area contributed by atoms with E-state index >= 15 is 0 Å². The van der Waals surface area contributed by atoms with Crippen LogP contribution in [0, 0.1) is 35.5 Å². The Morgan fingerprint density at radius 3 is 1.17 bits per heavy atom. The number of hydrogen-bond donors (Lipinski definition) is 24. The standard InChI is InChI=1S/C100H156N4O34/c1-58-35-30-26-22-18-14-10-12-16-20-24-28-32-37-72(135-97-93(124)87(101)91(122)64(7)133-97)51-80-85(78(115)55-99(128,137-80)53-70(109)47-76(113)74(111)41-39-66(105)45-68(107)49-83(118)131-62(5)60(3)89(58)120)95(126)104-57-82(117)102-43-34-44-103-88-92(123)65(8)134-98(94(88)125)136-73-38-33-29-25-21-17-13-11-15-19-23-27-31-36-59(2)90(121)61(4)63(6)132-84(119)50-69(108)46-67(106)40-42-75(112)77(114)48-71(110)54-100(129)56-79(116)86(96(127)130-9)81(52-73)138-100/h10-33,35-38,58-81,85-94,97-98,103,105-116,120-125,128-129H,34,39-57,101H2,1-9H3,(H,102,117)(H,104,126)/t58-,59-,60-,61-,62-,63-,64+,65+,66+,67+,68+,69+,70-,71-,72-,73-,74+,75+,76+,77+,78-,79-,80-,81-,85+,86+,87-,88-,89+,90+,91+,92+,93-,94-,97-,98-,99+,100+/m0/s1. The number of rotatable bonds is 13. The fourth-order valence-electron chi connectivity index (χ4n) is 17.2. The maximum absolute atomic E-state index is 14.6. The van der Waals surface area contributed by atoms with E-state index in [0.29, 0.717) is 0 Å². The molecule has 4 saturated heterocycles. The van der Waals surface area contributed by atoms with Crippen molar-refractivity contribution in [2.75, 3.05) is 26.7 Å². The summed E-state index contributed by atoms with van der Waals surface area (Å²) in [6, 6.07) is -2.47. The van der Waals surface area contributed by atoms with Gasteiger partial charge in [-0.2, -0.15) is 0 Å². The number of allylic oxidation sites excluding steroid dienone is 24. The van der Waals surface area contributed by atoms with Crippen LogP contribution in [-0.2, 0) is 66.6 Å². The number of fused-ring (bicyclic) bond motifs is 4. The highest BCUT2D eigenvalue weighted by Gasteiger charge is 2.54. The number of aliphatic hydroxyl groups is 20. The number of amides is 2. The number of nitrogens with one attached hydrogen (secondary N) is 3. The number of methoxy groups -OCH3 is 1. The van der Waals surface area contributed by atoms with Crippen LogP contribution in [0.1, 0.15) is 165 Å². The van der Waals surface area contributed by atoms with E-state index in [-0.39, 0.29) is 69.9 Å². The first kappa shape index (κ1) is 119. The van der Waals surface area contributed by atoms with Crippen molar-refractivity contribution >= 4 is 29.7 Å². The summed E-state index contributed by atoms with van der Waals surface area (Å²) in [6.07, 6.45) is 1.94. The van der Waals surface area contributed by atoms with Crippen LogP contribution in [0.4, 0.5) is 0 Å². The molecule has 0 aromatic rings.